The molecular weight excluding hydrogens is 348 g/mol. The summed E-state index contributed by atoms with van der Waals surface area (Å²) in [6.07, 6.45) is 0. The van der Waals surface area contributed by atoms with E-state index in [9.17, 15) is 9.59 Å². The summed E-state index contributed by atoms with van der Waals surface area (Å²) in [5.41, 5.74) is 1.89. The Morgan fingerprint density at radius 2 is 1.67 bits per heavy atom. The minimum atomic E-state index is -0.0960. The lowest BCUT2D eigenvalue weighted by Crippen LogP contribution is -2.50. The van der Waals surface area contributed by atoms with Gasteiger partial charge in [-0.15, -0.1) is 0 Å². The van der Waals surface area contributed by atoms with Gasteiger partial charge in [0.1, 0.15) is 17.2 Å². The second-order valence-corrected chi connectivity index (χ2v) is 6.40. The van der Waals surface area contributed by atoms with Gasteiger partial charge in [0, 0.05) is 45.7 Å². The van der Waals surface area contributed by atoms with Crippen LogP contribution in [0.1, 0.15) is 17.4 Å². The predicted octanol–water partition coefficient (Wildman–Crippen LogP) is 1.41. The van der Waals surface area contributed by atoms with Crippen LogP contribution >= 0.6 is 0 Å². The molecule has 2 aromatic rings. The molecule has 2 amide bonds. The molecular formula is C19H24N4O4. The molecule has 0 spiro atoms. The van der Waals surface area contributed by atoms with E-state index in [2.05, 4.69) is 5.10 Å². The van der Waals surface area contributed by atoms with Gasteiger partial charge in [-0.1, -0.05) is 0 Å². The molecule has 1 aliphatic heterocycles. The Kier molecular flexibility index (Phi) is 5.34. The monoisotopic (exact) mass is 372 g/mol. The van der Waals surface area contributed by atoms with Gasteiger partial charge < -0.3 is 19.3 Å². The van der Waals surface area contributed by atoms with Crippen molar-refractivity contribution in [3.8, 4) is 22.8 Å². The summed E-state index contributed by atoms with van der Waals surface area (Å²) in [7, 11) is 4.93. The van der Waals surface area contributed by atoms with Gasteiger partial charge in [0.15, 0.2) is 0 Å². The molecule has 1 fully saturated rings. The average molecular weight is 372 g/mol. The highest BCUT2D eigenvalue weighted by Gasteiger charge is 2.26. The van der Waals surface area contributed by atoms with Crippen LogP contribution < -0.4 is 9.47 Å². The van der Waals surface area contributed by atoms with E-state index in [4.69, 9.17) is 9.47 Å². The predicted molar refractivity (Wildman–Crippen MR) is 99.9 cm³/mol. The van der Waals surface area contributed by atoms with Crippen LogP contribution in [0.4, 0.5) is 0 Å². The topological polar surface area (TPSA) is 76.9 Å². The van der Waals surface area contributed by atoms with Crippen LogP contribution in [0.5, 0.6) is 11.5 Å². The molecule has 0 bridgehead atoms. The Balaban J connectivity index is 1.85. The van der Waals surface area contributed by atoms with Gasteiger partial charge in [-0.2, -0.15) is 5.10 Å². The lowest BCUT2D eigenvalue weighted by atomic mass is 10.1. The highest BCUT2D eigenvalue weighted by molar-refractivity contribution is 5.94. The molecule has 8 nitrogen and oxygen atoms in total. The quantitative estimate of drug-likeness (QED) is 0.811. The number of methoxy groups -OCH3 is 2. The van der Waals surface area contributed by atoms with Crippen LogP contribution in [0.2, 0.25) is 0 Å². The zero-order valence-corrected chi connectivity index (χ0v) is 16.1. The molecule has 0 aliphatic carbocycles. The summed E-state index contributed by atoms with van der Waals surface area (Å²) in [5.74, 6) is 1.28. The van der Waals surface area contributed by atoms with Crippen molar-refractivity contribution in [1.82, 2.24) is 19.6 Å². The number of nitrogens with zero attached hydrogens (tertiary/aromatic N) is 4. The normalized spacial score (nSPS) is 14.2. The molecule has 0 radical (unpaired) electrons. The lowest BCUT2D eigenvalue weighted by Gasteiger charge is -2.34. The Morgan fingerprint density at radius 1 is 1.00 bits per heavy atom. The van der Waals surface area contributed by atoms with Crippen molar-refractivity contribution in [2.24, 2.45) is 7.05 Å². The van der Waals surface area contributed by atoms with Crippen LogP contribution in [0.3, 0.4) is 0 Å². The van der Waals surface area contributed by atoms with Gasteiger partial charge in [-0.05, 0) is 24.3 Å². The first-order valence-corrected chi connectivity index (χ1v) is 8.75. The van der Waals surface area contributed by atoms with E-state index < -0.39 is 0 Å². The van der Waals surface area contributed by atoms with E-state index in [-0.39, 0.29) is 11.8 Å². The van der Waals surface area contributed by atoms with E-state index in [0.717, 1.165) is 5.56 Å². The summed E-state index contributed by atoms with van der Waals surface area (Å²) in [5, 5.41) is 4.49. The minimum absolute atomic E-state index is 0.0371. The number of carbonyl (C=O) groups is 2. The van der Waals surface area contributed by atoms with Crippen molar-refractivity contribution in [2.75, 3.05) is 40.4 Å². The van der Waals surface area contributed by atoms with E-state index in [1.807, 2.05) is 18.2 Å². The SMILES string of the molecule is COc1ccc(OC)c(-c2cc(C(=O)N3CCN(C(C)=O)CC3)n(C)n2)c1. The number of piperazine rings is 1. The number of hydrogen-bond acceptors (Lipinski definition) is 5. The number of aromatic nitrogens is 2. The Morgan fingerprint density at radius 3 is 2.26 bits per heavy atom. The number of rotatable bonds is 4. The molecule has 8 heteroatoms. The maximum atomic E-state index is 12.9. The van der Waals surface area contributed by atoms with E-state index in [1.165, 1.54) is 0 Å². The first kappa shape index (κ1) is 18.8. The van der Waals surface area contributed by atoms with Gasteiger partial charge >= 0.3 is 0 Å². The molecule has 0 saturated carbocycles. The summed E-state index contributed by atoms with van der Waals surface area (Å²) in [6.45, 7) is 3.68. The summed E-state index contributed by atoms with van der Waals surface area (Å²) in [6, 6.07) is 7.22. The van der Waals surface area contributed by atoms with Crippen LogP contribution in [0.15, 0.2) is 24.3 Å². The van der Waals surface area contributed by atoms with Gasteiger partial charge in [0.2, 0.25) is 5.91 Å². The second kappa shape index (κ2) is 7.69. The van der Waals surface area contributed by atoms with Gasteiger partial charge in [-0.25, -0.2) is 0 Å². The second-order valence-electron chi connectivity index (χ2n) is 6.40. The molecule has 1 aromatic carbocycles. The third-order valence-corrected chi connectivity index (χ3v) is 4.79. The number of hydrogen-bond donors (Lipinski definition) is 0. The van der Waals surface area contributed by atoms with Crippen LogP contribution in [-0.2, 0) is 11.8 Å². The first-order chi connectivity index (χ1) is 12.9. The van der Waals surface area contributed by atoms with Gasteiger partial charge in [0.05, 0.1) is 19.9 Å². The molecule has 2 heterocycles. The van der Waals surface area contributed by atoms with E-state index in [0.29, 0.717) is 49.1 Å². The van der Waals surface area contributed by atoms with Crippen molar-refractivity contribution in [1.29, 1.82) is 0 Å². The largest absolute Gasteiger partial charge is 0.497 e. The zero-order valence-electron chi connectivity index (χ0n) is 16.1. The highest BCUT2D eigenvalue weighted by Crippen LogP contribution is 2.33. The maximum Gasteiger partial charge on any atom is 0.272 e. The Hall–Kier alpha value is -3.03. The molecule has 3 rings (SSSR count). The van der Waals surface area contributed by atoms with Crippen molar-refractivity contribution in [3.05, 3.63) is 30.0 Å². The molecule has 0 unspecified atom stereocenters. The van der Waals surface area contributed by atoms with E-state index in [1.54, 1.807) is 48.7 Å². The molecule has 27 heavy (non-hydrogen) atoms. The maximum absolute atomic E-state index is 12.9. The third-order valence-electron chi connectivity index (χ3n) is 4.79. The zero-order chi connectivity index (χ0) is 19.6. The molecule has 1 saturated heterocycles. The summed E-state index contributed by atoms with van der Waals surface area (Å²) in [4.78, 5) is 27.9. The van der Waals surface area contributed by atoms with Gasteiger partial charge in [-0.3, -0.25) is 14.3 Å². The number of ether oxygens (including phenoxy) is 2. The summed E-state index contributed by atoms with van der Waals surface area (Å²) >= 11 is 0. The highest BCUT2D eigenvalue weighted by atomic mass is 16.5. The Bertz CT molecular complexity index is 853. The minimum Gasteiger partial charge on any atom is -0.497 e. The van der Waals surface area contributed by atoms with Crippen LogP contribution in [0, 0.1) is 0 Å². The number of benzene rings is 1. The van der Waals surface area contributed by atoms with Crippen molar-refractivity contribution < 1.29 is 19.1 Å². The molecule has 144 valence electrons. The molecule has 1 aliphatic rings. The number of amides is 2. The third kappa shape index (κ3) is 3.74. The summed E-state index contributed by atoms with van der Waals surface area (Å²) < 4.78 is 12.3. The number of aryl methyl sites for hydroxylation is 1. The fourth-order valence-electron chi connectivity index (χ4n) is 3.20. The number of carbonyl (C=O) groups excluding carboxylic acids is 2. The standard InChI is InChI=1S/C19H24N4O4/c1-13(24)22-7-9-23(10-8-22)19(25)17-12-16(20-21(17)2)15-11-14(26-3)5-6-18(15)27-4/h5-6,11-12H,7-10H2,1-4H3. The molecule has 0 atom stereocenters. The molecule has 0 N–H and O–H groups in total. The first-order valence-electron chi connectivity index (χ1n) is 8.75. The fourth-order valence-corrected chi connectivity index (χ4v) is 3.20. The van der Waals surface area contributed by atoms with Crippen LogP contribution in [-0.4, -0.2) is 71.8 Å². The van der Waals surface area contributed by atoms with E-state index >= 15 is 0 Å². The lowest BCUT2D eigenvalue weighted by molar-refractivity contribution is -0.130. The van der Waals surface area contributed by atoms with Crippen molar-refractivity contribution in [3.63, 3.8) is 0 Å². The average Bonchev–Trinajstić information content (AvgIpc) is 3.08. The fraction of sp³-hybridized carbons (Fsp3) is 0.421. The Labute approximate surface area is 158 Å². The van der Waals surface area contributed by atoms with Crippen LogP contribution in [0.25, 0.3) is 11.3 Å². The smallest absolute Gasteiger partial charge is 0.272 e. The molecule has 1 aromatic heterocycles. The van der Waals surface area contributed by atoms with Crippen molar-refractivity contribution in [2.45, 2.75) is 6.92 Å². The van der Waals surface area contributed by atoms with Crippen molar-refractivity contribution >= 4 is 11.8 Å². The van der Waals surface area contributed by atoms with Gasteiger partial charge in [0.25, 0.3) is 5.91 Å².